The van der Waals surface area contributed by atoms with Gasteiger partial charge >= 0.3 is 0 Å². The maximum Gasteiger partial charge on any atom is 0.0753 e. The predicted octanol–water partition coefficient (Wildman–Crippen LogP) is 3.30. The fourth-order valence-electron chi connectivity index (χ4n) is 2.43. The second-order valence-corrected chi connectivity index (χ2v) is 6.22. The smallest absolute Gasteiger partial charge is 0.0753 e. The van der Waals surface area contributed by atoms with Crippen LogP contribution in [0.2, 0.25) is 0 Å². The van der Waals surface area contributed by atoms with E-state index in [-0.39, 0.29) is 5.60 Å². The van der Waals surface area contributed by atoms with Crippen molar-refractivity contribution in [3.05, 3.63) is 0 Å². The first kappa shape index (κ1) is 14.5. The van der Waals surface area contributed by atoms with E-state index >= 15 is 0 Å². The number of alkyl halides is 1. The van der Waals surface area contributed by atoms with Crippen molar-refractivity contribution in [1.29, 1.82) is 0 Å². The van der Waals surface area contributed by atoms with Gasteiger partial charge in [-0.2, -0.15) is 0 Å². The molecule has 1 rings (SSSR count). The van der Waals surface area contributed by atoms with Crippen LogP contribution < -0.4 is 0 Å². The highest BCUT2D eigenvalue weighted by atomic mass is 79.9. The van der Waals surface area contributed by atoms with E-state index in [1.807, 2.05) is 0 Å². The summed E-state index contributed by atoms with van der Waals surface area (Å²) >= 11 is 3.69. The van der Waals surface area contributed by atoms with Crippen molar-refractivity contribution in [2.24, 2.45) is 5.41 Å². The second-order valence-electron chi connectivity index (χ2n) is 5.66. The Hall–Kier alpha value is 0.400. The minimum absolute atomic E-state index is 0.0256. The molecule has 0 aliphatic carbocycles. The van der Waals surface area contributed by atoms with Gasteiger partial charge in [0.15, 0.2) is 0 Å². The van der Waals surface area contributed by atoms with Crippen LogP contribution in [0.15, 0.2) is 0 Å². The lowest BCUT2D eigenvalue weighted by Crippen LogP contribution is -2.51. The molecule has 0 radical (unpaired) electrons. The van der Waals surface area contributed by atoms with Crippen LogP contribution >= 0.6 is 15.9 Å². The fraction of sp³-hybridized carbons (Fsp3) is 1.00. The molecule has 1 fully saturated rings. The molecule has 96 valence electrons. The van der Waals surface area contributed by atoms with Gasteiger partial charge in [0, 0.05) is 25.0 Å². The van der Waals surface area contributed by atoms with E-state index in [0.29, 0.717) is 5.41 Å². The van der Waals surface area contributed by atoms with Crippen molar-refractivity contribution in [1.82, 2.24) is 4.90 Å². The van der Waals surface area contributed by atoms with Gasteiger partial charge < -0.3 is 4.74 Å². The largest absolute Gasteiger partial charge is 0.373 e. The Bertz CT molecular complexity index is 206. The molecule has 0 spiro atoms. The summed E-state index contributed by atoms with van der Waals surface area (Å²) < 4.78 is 5.76. The van der Waals surface area contributed by atoms with Crippen LogP contribution in [0.5, 0.6) is 0 Å². The summed E-state index contributed by atoms with van der Waals surface area (Å²) in [5, 5.41) is 1.10. The zero-order chi connectivity index (χ0) is 12.2. The number of halogens is 1. The van der Waals surface area contributed by atoms with Gasteiger partial charge in [-0.1, -0.05) is 29.8 Å². The van der Waals surface area contributed by atoms with Crippen LogP contribution in [-0.4, -0.2) is 42.1 Å². The first-order valence-electron chi connectivity index (χ1n) is 6.39. The van der Waals surface area contributed by atoms with Crippen molar-refractivity contribution in [2.75, 3.05) is 31.6 Å². The fourth-order valence-corrected chi connectivity index (χ4v) is 3.40. The summed E-state index contributed by atoms with van der Waals surface area (Å²) in [6, 6.07) is 0. The molecule has 1 saturated heterocycles. The van der Waals surface area contributed by atoms with Crippen molar-refractivity contribution in [2.45, 2.75) is 46.1 Å². The number of ether oxygens (including phenoxy) is 1. The highest BCUT2D eigenvalue weighted by molar-refractivity contribution is 9.09. The van der Waals surface area contributed by atoms with Gasteiger partial charge in [0.1, 0.15) is 0 Å². The molecule has 1 heterocycles. The lowest BCUT2D eigenvalue weighted by Gasteiger charge is -2.43. The van der Waals surface area contributed by atoms with E-state index in [4.69, 9.17) is 4.74 Å². The molecule has 0 aromatic rings. The van der Waals surface area contributed by atoms with Crippen LogP contribution in [0.3, 0.4) is 0 Å². The molecule has 0 amide bonds. The average molecular weight is 292 g/mol. The zero-order valence-corrected chi connectivity index (χ0v) is 12.8. The average Bonchev–Trinajstić information content (AvgIpc) is 2.25. The predicted molar refractivity (Wildman–Crippen MR) is 73.3 cm³/mol. The van der Waals surface area contributed by atoms with Crippen molar-refractivity contribution < 1.29 is 4.74 Å². The van der Waals surface area contributed by atoms with E-state index in [0.717, 1.165) is 25.0 Å². The number of rotatable bonds is 5. The van der Waals surface area contributed by atoms with Crippen molar-refractivity contribution >= 4 is 15.9 Å². The first-order chi connectivity index (χ1) is 7.47. The molecular weight excluding hydrogens is 266 g/mol. The van der Waals surface area contributed by atoms with Crippen LogP contribution in [0.25, 0.3) is 0 Å². The summed E-state index contributed by atoms with van der Waals surface area (Å²) in [6.07, 6.45) is 2.49. The number of nitrogens with zero attached hydrogens (tertiary/aromatic N) is 1. The van der Waals surface area contributed by atoms with Gasteiger partial charge in [0.2, 0.25) is 0 Å². The molecule has 2 nitrogen and oxygen atoms in total. The highest BCUT2D eigenvalue weighted by Crippen LogP contribution is 2.31. The van der Waals surface area contributed by atoms with Gasteiger partial charge in [-0.05, 0) is 32.1 Å². The number of hydrogen-bond donors (Lipinski definition) is 0. The first-order valence-corrected chi connectivity index (χ1v) is 7.51. The Morgan fingerprint density at radius 1 is 1.31 bits per heavy atom. The Morgan fingerprint density at radius 3 is 2.38 bits per heavy atom. The molecule has 3 heteroatoms. The van der Waals surface area contributed by atoms with Crippen molar-refractivity contribution in [3.8, 4) is 0 Å². The van der Waals surface area contributed by atoms with E-state index < -0.39 is 0 Å². The SMILES string of the molecule is CCC(CC)(CBr)CN1CCOC(C)(C)C1. The molecule has 0 bridgehead atoms. The van der Waals surface area contributed by atoms with Gasteiger partial charge in [-0.3, -0.25) is 4.90 Å². The molecule has 0 aromatic heterocycles. The molecule has 1 aliphatic heterocycles. The zero-order valence-electron chi connectivity index (χ0n) is 11.2. The van der Waals surface area contributed by atoms with Crippen LogP contribution in [-0.2, 0) is 4.74 Å². The van der Waals surface area contributed by atoms with Gasteiger partial charge in [-0.15, -0.1) is 0 Å². The second kappa shape index (κ2) is 5.83. The summed E-state index contributed by atoms with van der Waals surface area (Å²) in [5.41, 5.74) is 0.463. The van der Waals surface area contributed by atoms with E-state index in [9.17, 15) is 0 Å². The normalized spacial score (nSPS) is 22.3. The lowest BCUT2D eigenvalue weighted by atomic mass is 9.83. The Morgan fingerprint density at radius 2 is 1.94 bits per heavy atom. The quantitative estimate of drug-likeness (QED) is 0.721. The monoisotopic (exact) mass is 291 g/mol. The Kier molecular flexibility index (Phi) is 5.27. The standard InChI is InChI=1S/C13H26BrNO/c1-5-13(6-2,9-14)11-15-7-8-16-12(3,4)10-15/h5-11H2,1-4H3. The molecule has 0 saturated carbocycles. The number of morpholine rings is 1. The summed E-state index contributed by atoms with van der Waals surface area (Å²) in [7, 11) is 0. The van der Waals surface area contributed by atoms with Crippen LogP contribution in [0.1, 0.15) is 40.5 Å². The summed E-state index contributed by atoms with van der Waals surface area (Å²) in [6.45, 7) is 13.2. The minimum atomic E-state index is 0.0256. The lowest BCUT2D eigenvalue weighted by molar-refractivity contribution is -0.0935. The third-order valence-corrected chi connectivity index (χ3v) is 5.04. The van der Waals surface area contributed by atoms with Crippen LogP contribution in [0, 0.1) is 5.41 Å². The Balaban J connectivity index is 2.58. The molecule has 16 heavy (non-hydrogen) atoms. The van der Waals surface area contributed by atoms with Crippen molar-refractivity contribution in [3.63, 3.8) is 0 Å². The van der Waals surface area contributed by atoms with E-state index in [1.165, 1.54) is 19.4 Å². The Labute approximate surface area is 109 Å². The molecule has 0 aromatic carbocycles. The molecule has 0 N–H and O–H groups in total. The number of hydrogen-bond acceptors (Lipinski definition) is 2. The van der Waals surface area contributed by atoms with E-state index in [1.54, 1.807) is 0 Å². The summed E-state index contributed by atoms with van der Waals surface area (Å²) in [5.74, 6) is 0. The van der Waals surface area contributed by atoms with Gasteiger partial charge in [-0.25, -0.2) is 0 Å². The molecular formula is C13H26BrNO. The van der Waals surface area contributed by atoms with Gasteiger partial charge in [0.25, 0.3) is 0 Å². The topological polar surface area (TPSA) is 12.5 Å². The molecule has 1 aliphatic rings. The highest BCUT2D eigenvalue weighted by Gasteiger charge is 2.33. The maximum atomic E-state index is 5.76. The molecule has 0 unspecified atom stereocenters. The summed E-state index contributed by atoms with van der Waals surface area (Å²) in [4.78, 5) is 2.57. The third-order valence-electron chi connectivity index (χ3n) is 3.85. The van der Waals surface area contributed by atoms with Crippen LogP contribution in [0.4, 0.5) is 0 Å². The third kappa shape index (κ3) is 3.71. The molecule has 0 atom stereocenters. The minimum Gasteiger partial charge on any atom is -0.373 e. The van der Waals surface area contributed by atoms with E-state index in [2.05, 4.69) is 48.5 Å². The maximum absolute atomic E-state index is 5.76. The van der Waals surface area contributed by atoms with Gasteiger partial charge in [0.05, 0.1) is 12.2 Å².